The number of rotatable bonds is 6. The average molecular weight is 521 g/mol. The number of carbonyl (C=O) groups is 3. The summed E-state index contributed by atoms with van der Waals surface area (Å²) in [6.45, 7) is 3.22. The molecule has 2 atom stereocenters. The minimum absolute atomic E-state index is 0.280. The van der Waals surface area contributed by atoms with Gasteiger partial charge in [-0.3, -0.25) is 29.8 Å². The van der Waals surface area contributed by atoms with E-state index >= 15 is 0 Å². The van der Waals surface area contributed by atoms with Gasteiger partial charge in [-0.05, 0) is 60.4 Å². The number of benzene rings is 2. The fraction of sp³-hybridized carbons (Fsp3) is 0.233. The van der Waals surface area contributed by atoms with E-state index in [-0.39, 0.29) is 12.5 Å². The molecule has 2 aliphatic heterocycles. The lowest BCUT2D eigenvalue weighted by Gasteiger charge is -2.27. The van der Waals surface area contributed by atoms with Crippen molar-refractivity contribution in [3.05, 3.63) is 107 Å². The third kappa shape index (κ3) is 4.84. The zero-order valence-electron chi connectivity index (χ0n) is 21.5. The normalized spacial score (nSPS) is 20.8. The van der Waals surface area contributed by atoms with Crippen molar-refractivity contribution in [3.63, 3.8) is 0 Å². The number of imide groups is 1. The van der Waals surface area contributed by atoms with Gasteiger partial charge in [0, 0.05) is 48.7 Å². The lowest BCUT2D eigenvalue weighted by molar-refractivity contribution is -0.124. The van der Waals surface area contributed by atoms with Gasteiger partial charge in [0.1, 0.15) is 0 Å². The summed E-state index contributed by atoms with van der Waals surface area (Å²) in [5, 5.41) is 9.25. The standard InChI is InChI=1S/C30H28N6O3/c1-19-13-23(24-6-2-3-7-25(24)32-19)14-20-8-10-22(11-9-20)27(37)33-26-17-36(16-21-5-4-12-31-15-21)18-30(26)28(38)34-29(39)35-30/h2-13,15,26H,14,16-18H2,1H3,(H,33,37)(H2,34,35,38,39)/t26-,30+/m1/s1. The number of urea groups is 1. The van der Waals surface area contributed by atoms with Crippen molar-refractivity contribution in [2.75, 3.05) is 13.1 Å². The van der Waals surface area contributed by atoms with Crippen molar-refractivity contribution < 1.29 is 14.4 Å². The van der Waals surface area contributed by atoms with Gasteiger partial charge < -0.3 is 10.6 Å². The molecule has 0 radical (unpaired) electrons. The van der Waals surface area contributed by atoms with Crippen molar-refractivity contribution in [1.82, 2.24) is 30.8 Å². The molecule has 4 aromatic rings. The molecule has 0 saturated carbocycles. The monoisotopic (exact) mass is 520 g/mol. The maximum atomic E-state index is 13.3. The first kappa shape index (κ1) is 24.7. The van der Waals surface area contributed by atoms with Crippen LogP contribution in [0.1, 0.15) is 32.7 Å². The number of pyridine rings is 2. The molecular formula is C30H28N6O3. The molecule has 0 bridgehead atoms. The molecule has 2 aliphatic rings. The van der Waals surface area contributed by atoms with Crippen LogP contribution in [-0.2, 0) is 17.8 Å². The Bertz CT molecular complexity index is 1570. The topological polar surface area (TPSA) is 116 Å². The van der Waals surface area contributed by atoms with E-state index < -0.39 is 23.5 Å². The van der Waals surface area contributed by atoms with E-state index in [1.807, 2.05) is 54.3 Å². The molecule has 4 amide bonds. The zero-order chi connectivity index (χ0) is 27.0. The van der Waals surface area contributed by atoms with Gasteiger partial charge in [-0.15, -0.1) is 0 Å². The predicted molar refractivity (Wildman–Crippen MR) is 146 cm³/mol. The summed E-state index contributed by atoms with van der Waals surface area (Å²) in [6, 6.07) is 20.3. The van der Waals surface area contributed by atoms with Crippen molar-refractivity contribution in [3.8, 4) is 0 Å². The smallest absolute Gasteiger partial charge is 0.322 e. The third-order valence-electron chi connectivity index (χ3n) is 7.45. The number of nitrogens with zero attached hydrogens (tertiary/aromatic N) is 3. The fourth-order valence-electron chi connectivity index (χ4n) is 5.62. The van der Waals surface area contributed by atoms with E-state index in [9.17, 15) is 14.4 Å². The van der Waals surface area contributed by atoms with Gasteiger partial charge in [0.2, 0.25) is 0 Å². The van der Waals surface area contributed by atoms with E-state index in [2.05, 4.69) is 38.1 Å². The molecule has 2 aromatic heterocycles. The molecule has 196 valence electrons. The van der Waals surface area contributed by atoms with E-state index in [0.717, 1.165) is 27.7 Å². The summed E-state index contributed by atoms with van der Waals surface area (Å²) in [7, 11) is 0. The van der Waals surface area contributed by atoms with Crippen LogP contribution in [0, 0.1) is 6.92 Å². The highest BCUT2D eigenvalue weighted by Crippen LogP contribution is 2.27. The van der Waals surface area contributed by atoms with Crippen molar-refractivity contribution >= 4 is 28.7 Å². The second kappa shape index (κ2) is 9.92. The zero-order valence-corrected chi connectivity index (χ0v) is 21.5. The Balaban J connectivity index is 1.18. The van der Waals surface area contributed by atoms with Crippen LogP contribution in [0.5, 0.6) is 0 Å². The summed E-state index contributed by atoms with van der Waals surface area (Å²) in [6.07, 6.45) is 4.19. The largest absolute Gasteiger partial charge is 0.345 e. The van der Waals surface area contributed by atoms with Crippen LogP contribution in [0.15, 0.2) is 79.1 Å². The molecule has 1 spiro atoms. The Morgan fingerprint density at radius 1 is 1.08 bits per heavy atom. The number of hydrogen-bond acceptors (Lipinski definition) is 6. The lowest BCUT2D eigenvalue weighted by atomic mass is 9.93. The molecule has 39 heavy (non-hydrogen) atoms. The summed E-state index contributed by atoms with van der Waals surface area (Å²) in [5.41, 5.74) is 4.43. The molecule has 2 saturated heterocycles. The van der Waals surface area contributed by atoms with Gasteiger partial charge in [0.15, 0.2) is 5.54 Å². The molecule has 9 nitrogen and oxygen atoms in total. The Labute approximate surface area is 225 Å². The van der Waals surface area contributed by atoms with E-state index in [4.69, 9.17) is 0 Å². The highest BCUT2D eigenvalue weighted by atomic mass is 16.2. The minimum atomic E-state index is -1.23. The number of aryl methyl sites for hydroxylation is 1. The average Bonchev–Trinajstić information content (AvgIpc) is 3.41. The third-order valence-corrected chi connectivity index (χ3v) is 7.45. The van der Waals surface area contributed by atoms with Gasteiger partial charge in [-0.2, -0.15) is 0 Å². The first-order chi connectivity index (χ1) is 18.9. The highest BCUT2D eigenvalue weighted by Gasteiger charge is 2.57. The van der Waals surface area contributed by atoms with Crippen molar-refractivity contribution in [2.24, 2.45) is 0 Å². The highest BCUT2D eigenvalue weighted by molar-refractivity contribution is 6.08. The number of amides is 4. The molecule has 9 heteroatoms. The minimum Gasteiger partial charge on any atom is -0.345 e. The number of fused-ring (bicyclic) bond motifs is 1. The van der Waals surface area contributed by atoms with Crippen LogP contribution < -0.4 is 16.0 Å². The maximum absolute atomic E-state index is 13.3. The fourth-order valence-corrected chi connectivity index (χ4v) is 5.62. The van der Waals surface area contributed by atoms with Crippen molar-refractivity contribution in [2.45, 2.75) is 31.5 Å². The number of nitrogens with one attached hydrogen (secondary N) is 3. The summed E-state index contributed by atoms with van der Waals surface area (Å²) in [5.74, 6) is -0.727. The van der Waals surface area contributed by atoms with Crippen LogP contribution in [0.2, 0.25) is 0 Å². The predicted octanol–water partition coefficient (Wildman–Crippen LogP) is 2.72. The Morgan fingerprint density at radius 2 is 1.90 bits per heavy atom. The number of aromatic nitrogens is 2. The SMILES string of the molecule is Cc1cc(Cc2ccc(C(=O)N[C@@H]3CN(Cc4cccnc4)C[C@]34NC(=O)NC4=O)cc2)c2ccccc2n1. The quantitative estimate of drug-likeness (QED) is 0.337. The van der Waals surface area contributed by atoms with Crippen LogP contribution in [0.25, 0.3) is 10.9 Å². The van der Waals surface area contributed by atoms with E-state index in [1.54, 1.807) is 24.5 Å². The molecular weight excluding hydrogens is 492 g/mol. The Hall–Kier alpha value is -4.63. The first-order valence-electron chi connectivity index (χ1n) is 12.9. The first-order valence-corrected chi connectivity index (χ1v) is 12.9. The summed E-state index contributed by atoms with van der Waals surface area (Å²) in [4.78, 5) is 49.1. The van der Waals surface area contributed by atoms with Crippen LogP contribution in [0.4, 0.5) is 4.79 Å². The van der Waals surface area contributed by atoms with Crippen molar-refractivity contribution in [1.29, 1.82) is 0 Å². The number of carbonyl (C=O) groups excluding carboxylic acids is 3. The molecule has 3 N–H and O–H groups in total. The molecule has 0 aliphatic carbocycles. The molecule has 4 heterocycles. The number of hydrogen-bond donors (Lipinski definition) is 3. The number of likely N-dealkylation sites (tertiary alicyclic amines) is 1. The van der Waals surface area contributed by atoms with Crippen LogP contribution in [0.3, 0.4) is 0 Å². The Morgan fingerprint density at radius 3 is 2.64 bits per heavy atom. The van der Waals surface area contributed by atoms with Gasteiger partial charge in [-0.1, -0.05) is 36.4 Å². The van der Waals surface area contributed by atoms with Crippen LogP contribution in [-0.4, -0.2) is 57.4 Å². The maximum Gasteiger partial charge on any atom is 0.322 e. The van der Waals surface area contributed by atoms with Gasteiger partial charge in [-0.25, -0.2) is 4.79 Å². The van der Waals surface area contributed by atoms with E-state index in [1.165, 1.54) is 5.56 Å². The Kier molecular flexibility index (Phi) is 6.28. The summed E-state index contributed by atoms with van der Waals surface area (Å²) < 4.78 is 0. The molecule has 6 rings (SSSR count). The molecule has 2 fully saturated rings. The van der Waals surface area contributed by atoms with E-state index in [0.29, 0.717) is 25.1 Å². The second-order valence-electron chi connectivity index (χ2n) is 10.3. The van der Waals surface area contributed by atoms with Crippen LogP contribution >= 0.6 is 0 Å². The molecule has 2 aromatic carbocycles. The van der Waals surface area contributed by atoms with Gasteiger partial charge in [0.05, 0.1) is 11.6 Å². The second-order valence-corrected chi connectivity index (χ2v) is 10.3. The van der Waals surface area contributed by atoms with Gasteiger partial charge in [0.25, 0.3) is 11.8 Å². The lowest BCUT2D eigenvalue weighted by Crippen LogP contribution is -2.62. The van der Waals surface area contributed by atoms with Gasteiger partial charge >= 0.3 is 6.03 Å². The molecule has 0 unspecified atom stereocenters. The number of para-hydroxylation sites is 1. The summed E-state index contributed by atoms with van der Waals surface area (Å²) >= 11 is 0.